The third-order valence-corrected chi connectivity index (χ3v) is 3.01. The quantitative estimate of drug-likeness (QED) is 0.411. The van der Waals surface area contributed by atoms with Crippen LogP contribution in [0.25, 0.3) is 0 Å². The third kappa shape index (κ3) is 16.9. The van der Waals surface area contributed by atoms with Gasteiger partial charge in [0.05, 0.1) is 0 Å². The van der Waals surface area contributed by atoms with Gasteiger partial charge >= 0.3 is 0 Å². The fourth-order valence-electron chi connectivity index (χ4n) is 1.95. The average molecular weight is 244 g/mol. The van der Waals surface area contributed by atoms with E-state index in [0.29, 0.717) is 6.61 Å². The smallest absolute Gasteiger partial charge is 0.187 e. The van der Waals surface area contributed by atoms with Gasteiger partial charge in [0.25, 0.3) is 0 Å². The van der Waals surface area contributed by atoms with Crippen LogP contribution in [0.2, 0.25) is 0 Å². The summed E-state index contributed by atoms with van der Waals surface area (Å²) in [5.41, 5.74) is 0. The molecule has 1 nitrogen and oxygen atoms in total. The average Bonchev–Trinajstić information content (AvgIpc) is 2.26. The van der Waals surface area contributed by atoms with Crippen molar-refractivity contribution in [3.8, 4) is 0 Å². The monoisotopic (exact) mass is 244 g/mol. The molecule has 98 valence electrons. The molecule has 0 aromatic rings. The zero-order chi connectivity index (χ0) is 11.2. The maximum Gasteiger partial charge on any atom is 0.187 e. The van der Waals surface area contributed by atoms with Crippen molar-refractivity contribution >= 4 is 17.4 Å². The summed E-state index contributed by atoms with van der Waals surface area (Å²) in [7, 11) is 0. The molecule has 0 spiro atoms. The van der Waals surface area contributed by atoms with Crippen LogP contribution in [0.15, 0.2) is 0 Å². The van der Waals surface area contributed by atoms with Gasteiger partial charge in [-0.15, -0.1) is 0 Å². The predicted octanol–water partition coefficient (Wildman–Crippen LogP) is 3.50. The molecule has 0 fully saturated rings. The van der Waals surface area contributed by atoms with Crippen LogP contribution in [0, 0.1) is 0 Å². The molecule has 2 heteroatoms. The molecular weight excluding hydrogens is 211 g/mol. The van der Waals surface area contributed by atoms with Gasteiger partial charge in [-0.3, -0.25) is 0 Å². The minimum atomic E-state index is 0. The fraction of sp³-hybridized carbons (Fsp3) is 1.00. The van der Waals surface area contributed by atoms with E-state index in [0.717, 1.165) is 6.42 Å². The van der Waals surface area contributed by atoms with Crippen molar-refractivity contribution in [2.24, 2.45) is 0 Å². The molecule has 0 radical (unpaired) electrons. The number of aliphatic hydroxyl groups excluding tert-OH is 1. The van der Waals surface area contributed by atoms with Gasteiger partial charge in [-0.1, -0.05) is 77.6 Å². The summed E-state index contributed by atoms with van der Waals surface area (Å²) in [5.74, 6) is 0. The highest BCUT2D eigenvalue weighted by Gasteiger charge is 1.92. The largest absolute Gasteiger partial charge is 0.396 e. The summed E-state index contributed by atoms with van der Waals surface area (Å²) in [4.78, 5) is 0. The van der Waals surface area contributed by atoms with Crippen LogP contribution in [0.4, 0.5) is 0 Å². The first kappa shape index (κ1) is 18.8. The number of unbranched alkanes of at least 4 members (excludes halogenated alkanes) is 11. The molecule has 1 N–H and O–H groups in total. The van der Waals surface area contributed by atoms with Crippen molar-refractivity contribution in [2.75, 3.05) is 6.61 Å². The van der Waals surface area contributed by atoms with Crippen LogP contribution in [0.5, 0.6) is 0 Å². The van der Waals surface area contributed by atoms with Gasteiger partial charge in [0.2, 0.25) is 0 Å². The van der Waals surface area contributed by atoms with Crippen molar-refractivity contribution in [3.05, 3.63) is 0 Å². The molecule has 0 heterocycles. The molecule has 0 unspecified atom stereocenters. The number of rotatable bonds is 12. The summed E-state index contributed by atoms with van der Waals surface area (Å²) in [6.45, 7) is 2.64. The second-order valence-corrected chi connectivity index (χ2v) is 4.61. The van der Waals surface area contributed by atoms with E-state index in [9.17, 15) is 0 Å². The highest BCUT2D eigenvalue weighted by atomic mass is 27.0. The Hall–Kier alpha value is 0.492. The van der Waals surface area contributed by atoms with Crippen LogP contribution in [-0.2, 0) is 0 Å². The first-order chi connectivity index (χ1) is 7.41. The van der Waals surface area contributed by atoms with Crippen LogP contribution in [0.3, 0.4) is 0 Å². The summed E-state index contributed by atoms with van der Waals surface area (Å²) in [5, 5.41) is 8.61. The maximum absolute atomic E-state index is 8.61. The van der Waals surface area contributed by atoms with E-state index in [1.807, 2.05) is 0 Å². The Kier molecular flexibility index (Phi) is 21.1. The highest BCUT2D eigenvalue weighted by molar-refractivity contribution is 5.75. The number of hydrogen-bond donors (Lipinski definition) is 1. The van der Waals surface area contributed by atoms with Crippen LogP contribution in [-0.4, -0.2) is 29.1 Å². The molecule has 0 aliphatic carbocycles. The number of aliphatic hydroxyl groups is 1. The Labute approximate surface area is 113 Å². The Morgan fingerprint density at radius 3 is 1.19 bits per heavy atom. The Morgan fingerprint density at radius 1 is 0.562 bits per heavy atom. The summed E-state index contributed by atoms with van der Waals surface area (Å²) >= 11 is 0. The van der Waals surface area contributed by atoms with E-state index in [2.05, 4.69) is 6.92 Å². The van der Waals surface area contributed by atoms with Gasteiger partial charge in [-0.25, -0.2) is 0 Å². The second-order valence-electron chi connectivity index (χ2n) is 4.61. The molecule has 0 bridgehead atoms. The van der Waals surface area contributed by atoms with Crippen molar-refractivity contribution < 1.29 is 5.11 Å². The molecule has 16 heavy (non-hydrogen) atoms. The summed E-state index contributed by atoms with van der Waals surface area (Å²) in [6.07, 6.45) is 16.2. The van der Waals surface area contributed by atoms with Crippen molar-refractivity contribution in [1.29, 1.82) is 0 Å². The molecule has 0 aliphatic rings. The van der Waals surface area contributed by atoms with E-state index >= 15 is 0 Å². The van der Waals surface area contributed by atoms with Gasteiger partial charge < -0.3 is 5.11 Å². The van der Waals surface area contributed by atoms with E-state index in [-0.39, 0.29) is 17.4 Å². The van der Waals surface area contributed by atoms with Crippen LogP contribution < -0.4 is 0 Å². The lowest BCUT2D eigenvalue weighted by atomic mass is 10.1. The van der Waals surface area contributed by atoms with Gasteiger partial charge in [0.15, 0.2) is 17.4 Å². The molecule has 0 saturated carbocycles. The maximum atomic E-state index is 8.61. The molecule has 0 rings (SSSR count). The molecule has 0 aliphatic heterocycles. The lowest BCUT2D eigenvalue weighted by Gasteiger charge is -2.01. The Balaban J connectivity index is 0. The normalized spacial score (nSPS) is 10.1. The Bertz CT molecular complexity index is 94.9. The summed E-state index contributed by atoms with van der Waals surface area (Å²) < 4.78 is 0. The SMILES string of the molecule is CCCCCCCCCCCCCCO.[AlH3]. The molecule has 0 amide bonds. The van der Waals surface area contributed by atoms with Crippen LogP contribution >= 0.6 is 0 Å². The van der Waals surface area contributed by atoms with Crippen molar-refractivity contribution in [1.82, 2.24) is 0 Å². The van der Waals surface area contributed by atoms with Gasteiger partial charge in [0, 0.05) is 6.61 Å². The second kappa shape index (κ2) is 17.9. The van der Waals surface area contributed by atoms with E-state index in [4.69, 9.17) is 5.11 Å². The highest BCUT2D eigenvalue weighted by Crippen LogP contribution is 2.11. The van der Waals surface area contributed by atoms with Crippen LogP contribution in [0.1, 0.15) is 84.0 Å². The van der Waals surface area contributed by atoms with Gasteiger partial charge in [-0.2, -0.15) is 0 Å². The third-order valence-electron chi connectivity index (χ3n) is 3.01. The molecule has 0 atom stereocenters. The molecule has 0 saturated heterocycles. The first-order valence-electron chi connectivity index (χ1n) is 7.02. The zero-order valence-electron chi connectivity index (χ0n) is 10.6. The van der Waals surface area contributed by atoms with E-state index in [1.54, 1.807) is 0 Å². The topological polar surface area (TPSA) is 20.2 Å². The van der Waals surface area contributed by atoms with Crippen molar-refractivity contribution in [2.45, 2.75) is 84.0 Å². The first-order valence-corrected chi connectivity index (χ1v) is 7.02. The van der Waals surface area contributed by atoms with E-state index in [1.165, 1.54) is 70.6 Å². The lowest BCUT2D eigenvalue weighted by molar-refractivity contribution is 0.282. The number of hydrogen-bond acceptors (Lipinski definition) is 1. The van der Waals surface area contributed by atoms with Gasteiger partial charge in [0.1, 0.15) is 0 Å². The minimum absolute atomic E-state index is 0. The minimum Gasteiger partial charge on any atom is -0.396 e. The molecular formula is C14H33AlO. The Morgan fingerprint density at radius 2 is 0.875 bits per heavy atom. The molecule has 0 aromatic heterocycles. The standard InChI is InChI=1S/C14H30O.Al.3H/c1-2-3-4-5-6-7-8-9-10-11-12-13-14-15;;;;/h15H,2-14H2,1H3;;;;. The summed E-state index contributed by atoms with van der Waals surface area (Å²) in [6, 6.07) is 0. The van der Waals surface area contributed by atoms with Crippen molar-refractivity contribution in [3.63, 3.8) is 0 Å². The fourth-order valence-corrected chi connectivity index (χ4v) is 1.95. The zero-order valence-corrected chi connectivity index (χ0v) is 10.6. The van der Waals surface area contributed by atoms with E-state index < -0.39 is 0 Å². The molecule has 0 aromatic carbocycles. The lowest BCUT2D eigenvalue weighted by Crippen LogP contribution is -1.84. The predicted molar refractivity (Wildman–Crippen MR) is 78.1 cm³/mol. The van der Waals surface area contributed by atoms with Gasteiger partial charge in [-0.05, 0) is 6.42 Å².